The molecule has 6 heteroatoms. The Labute approximate surface area is 322 Å². The Bertz CT molecular complexity index is 3460. The van der Waals surface area contributed by atoms with Gasteiger partial charge in [0.05, 0.1) is 16.4 Å². The first kappa shape index (κ1) is 28.5. The largest absolute Gasteiger partial charge is 0.455 e. The van der Waals surface area contributed by atoms with Crippen LogP contribution in [0.3, 0.4) is 0 Å². The maximum atomic E-state index is 6.88. The topological polar surface area (TPSA) is 33.3 Å². The van der Waals surface area contributed by atoms with Crippen molar-refractivity contribution in [2.24, 2.45) is 5.92 Å². The first-order valence-corrected chi connectivity index (χ1v) is 19.9. The quantitative estimate of drug-likeness (QED) is 0.173. The van der Waals surface area contributed by atoms with Crippen LogP contribution in [0, 0.1) is 5.92 Å². The molecule has 2 aliphatic carbocycles. The predicted octanol–water partition coefficient (Wildman–Crippen LogP) is 8.78. The van der Waals surface area contributed by atoms with Crippen LogP contribution in [0.2, 0.25) is 0 Å². The van der Waals surface area contributed by atoms with Crippen LogP contribution in [0.4, 0.5) is 28.4 Å². The van der Waals surface area contributed by atoms with Gasteiger partial charge in [-0.1, -0.05) is 121 Å². The van der Waals surface area contributed by atoms with Crippen molar-refractivity contribution in [3.63, 3.8) is 0 Å². The van der Waals surface area contributed by atoms with Crippen molar-refractivity contribution < 1.29 is 4.42 Å². The van der Waals surface area contributed by atoms with Gasteiger partial charge >= 0.3 is 0 Å². The molecular formula is C50H29B2N3O. The molecule has 1 unspecified atom stereocenters. The SMILES string of the molecule is C1=CCC2C3=C2c2cccc4c2Nc2c5c(cc6c2B(C3=C1)c1cc2c3ccccc3oc2c2c3ccccc3n-6c12)N(c1ccccc1)c1ccccc1B45. The molecule has 0 radical (unpaired) electrons. The van der Waals surface area contributed by atoms with Crippen LogP contribution in [-0.4, -0.2) is 18.0 Å². The molecule has 0 saturated carbocycles. The highest BCUT2D eigenvalue weighted by molar-refractivity contribution is 7.02. The Morgan fingerprint density at radius 2 is 1.43 bits per heavy atom. The van der Waals surface area contributed by atoms with Crippen molar-refractivity contribution in [1.82, 2.24) is 4.57 Å². The molecule has 56 heavy (non-hydrogen) atoms. The zero-order valence-electron chi connectivity index (χ0n) is 30.2. The maximum absolute atomic E-state index is 6.88. The number of furan rings is 1. The number of fused-ring (bicyclic) bond motifs is 13. The zero-order valence-corrected chi connectivity index (χ0v) is 30.2. The Hall–Kier alpha value is -6.91. The second-order valence-electron chi connectivity index (χ2n) is 16.3. The number of anilines is 5. The van der Waals surface area contributed by atoms with Gasteiger partial charge in [0, 0.05) is 61.8 Å². The fraction of sp³-hybridized carbons (Fsp3) is 0.0400. The van der Waals surface area contributed by atoms with Crippen LogP contribution < -0.4 is 37.5 Å². The van der Waals surface area contributed by atoms with E-state index in [1.54, 1.807) is 0 Å². The van der Waals surface area contributed by atoms with E-state index < -0.39 is 0 Å². The summed E-state index contributed by atoms with van der Waals surface area (Å²) < 4.78 is 9.47. The van der Waals surface area contributed by atoms with Crippen molar-refractivity contribution >= 4 is 118 Å². The Morgan fingerprint density at radius 3 is 2.38 bits per heavy atom. The highest BCUT2D eigenvalue weighted by Crippen LogP contribution is 2.58. The smallest absolute Gasteiger partial charge is 0.252 e. The summed E-state index contributed by atoms with van der Waals surface area (Å²) >= 11 is 0. The van der Waals surface area contributed by atoms with Crippen LogP contribution in [0.1, 0.15) is 12.0 Å². The molecule has 4 aliphatic heterocycles. The standard InChI is InChI=1S/C50H29B2N3O/c1-2-13-27(14-3-1)54-38-23-10-8-19-33(38)51-35-21-12-18-31-42-30-17-4-7-20-34(43(30)42)52-36-25-32-28-15-6-11-24-41(28)56-50(32)44-29-16-5-9-22-37(29)55(49(36)44)40-26-39(54)45(51)48(46(40)52)53-47(31)35/h1-16,18-26,30,53H,17H2. The van der Waals surface area contributed by atoms with Crippen LogP contribution in [-0.2, 0) is 0 Å². The fourth-order valence-corrected chi connectivity index (χ4v) is 11.7. The first-order valence-electron chi connectivity index (χ1n) is 19.9. The van der Waals surface area contributed by atoms with Gasteiger partial charge in [-0.15, -0.1) is 0 Å². The molecule has 2 aromatic heterocycles. The molecule has 0 fully saturated rings. The van der Waals surface area contributed by atoms with E-state index in [1.807, 2.05) is 0 Å². The second-order valence-corrected chi connectivity index (χ2v) is 16.3. The Morgan fingerprint density at radius 1 is 0.625 bits per heavy atom. The number of allylic oxidation sites excluding steroid dienone is 6. The van der Waals surface area contributed by atoms with Crippen molar-refractivity contribution in [2.75, 3.05) is 10.2 Å². The summed E-state index contributed by atoms with van der Waals surface area (Å²) in [6, 6.07) is 49.7. The summed E-state index contributed by atoms with van der Waals surface area (Å²) in [4.78, 5) is 2.52. The molecule has 4 nitrogen and oxygen atoms in total. The van der Waals surface area contributed by atoms with Gasteiger partial charge in [0.25, 0.3) is 6.71 Å². The van der Waals surface area contributed by atoms with Crippen molar-refractivity contribution in [3.8, 4) is 5.69 Å². The van der Waals surface area contributed by atoms with E-state index in [0.717, 1.165) is 23.3 Å². The summed E-state index contributed by atoms with van der Waals surface area (Å²) in [6.07, 6.45) is 8.21. The van der Waals surface area contributed by atoms with Crippen LogP contribution in [0.5, 0.6) is 0 Å². The van der Waals surface area contributed by atoms with Gasteiger partial charge in [-0.3, -0.25) is 0 Å². The molecule has 1 atom stereocenters. The minimum Gasteiger partial charge on any atom is -0.455 e. The number of nitrogens with one attached hydrogen (secondary N) is 1. The molecule has 7 aromatic carbocycles. The summed E-state index contributed by atoms with van der Waals surface area (Å²) in [6.45, 7) is 0.0863. The monoisotopic (exact) mass is 709 g/mol. The summed E-state index contributed by atoms with van der Waals surface area (Å²) in [5.41, 5.74) is 24.4. The average Bonchev–Trinajstić information content (AvgIpc) is 3.73. The Kier molecular flexibility index (Phi) is 4.92. The molecule has 9 aromatic rings. The molecule has 0 amide bonds. The van der Waals surface area contributed by atoms with Gasteiger partial charge in [0.15, 0.2) is 0 Å². The summed E-state index contributed by atoms with van der Waals surface area (Å²) in [5, 5.41) is 9.07. The van der Waals surface area contributed by atoms with Gasteiger partial charge in [-0.25, -0.2) is 0 Å². The first-order chi connectivity index (χ1) is 27.8. The van der Waals surface area contributed by atoms with Crippen LogP contribution in [0.25, 0.3) is 55.0 Å². The molecular weight excluding hydrogens is 680 g/mol. The van der Waals surface area contributed by atoms with Crippen LogP contribution >= 0.6 is 0 Å². The number of aromatic nitrogens is 1. The van der Waals surface area contributed by atoms with Gasteiger partial charge in [0.2, 0.25) is 6.71 Å². The van der Waals surface area contributed by atoms with E-state index >= 15 is 0 Å². The maximum Gasteiger partial charge on any atom is 0.252 e. The average molecular weight is 709 g/mol. The zero-order chi connectivity index (χ0) is 36.0. The van der Waals surface area contributed by atoms with Crippen molar-refractivity contribution in [1.29, 1.82) is 0 Å². The molecule has 6 heterocycles. The normalized spacial score (nSPS) is 17.4. The fourth-order valence-electron chi connectivity index (χ4n) is 11.7. The van der Waals surface area contributed by atoms with Gasteiger partial charge in [-0.2, -0.15) is 0 Å². The predicted molar refractivity (Wildman–Crippen MR) is 234 cm³/mol. The summed E-state index contributed by atoms with van der Waals surface area (Å²) in [7, 11) is 0. The third-order valence-electron chi connectivity index (χ3n) is 13.8. The molecule has 0 spiro atoms. The minimum absolute atomic E-state index is 0.00628. The van der Waals surface area contributed by atoms with E-state index in [-0.39, 0.29) is 13.4 Å². The number of rotatable bonds is 1. The second kappa shape index (κ2) is 9.66. The Balaban J connectivity index is 1.19. The third kappa shape index (κ3) is 3.19. The molecule has 6 aliphatic rings. The van der Waals surface area contributed by atoms with E-state index in [2.05, 4.69) is 166 Å². The third-order valence-corrected chi connectivity index (χ3v) is 13.8. The lowest BCUT2D eigenvalue weighted by Gasteiger charge is -2.43. The molecule has 15 rings (SSSR count). The van der Waals surface area contributed by atoms with Gasteiger partial charge in [0.1, 0.15) is 11.2 Å². The van der Waals surface area contributed by atoms with E-state index in [1.165, 1.54) is 111 Å². The van der Waals surface area contributed by atoms with E-state index in [9.17, 15) is 0 Å². The number of hydrogen-bond acceptors (Lipinski definition) is 3. The highest BCUT2D eigenvalue weighted by atomic mass is 16.3. The molecule has 6 bridgehead atoms. The van der Waals surface area contributed by atoms with Crippen LogP contribution in [0.15, 0.2) is 167 Å². The lowest BCUT2D eigenvalue weighted by atomic mass is 9.30. The minimum atomic E-state index is 0.00628. The molecule has 0 saturated heterocycles. The number of hydrogen-bond donors (Lipinski definition) is 1. The lowest BCUT2D eigenvalue weighted by molar-refractivity contribution is 0.673. The number of para-hydroxylation sites is 5. The van der Waals surface area contributed by atoms with Crippen molar-refractivity contribution in [2.45, 2.75) is 6.42 Å². The van der Waals surface area contributed by atoms with Crippen molar-refractivity contribution in [3.05, 3.63) is 168 Å². The highest BCUT2D eigenvalue weighted by Gasteiger charge is 2.52. The molecule has 256 valence electrons. The lowest BCUT2D eigenvalue weighted by Crippen LogP contribution is -2.63. The van der Waals surface area contributed by atoms with Gasteiger partial charge < -0.3 is 19.2 Å². The number of nitrogens with zero attached hydrogens (tertiary/aromatic N) is 2. The van der Waals surface area contributed by atoms with E-state index in [0.29, 0.717) is 5.92 Å². The molecule has 1 N–H and O–H groups in total. The number of benzene rings is 7. The summed E-state index contributed by atoms with van der Waals surface area (Å²) in [5.74, 6) is 0.410. The van der Waals surface area contributed by atoms with E-state index in [4.69, 9.17) is 4.42 Å². The van der Waals surface area contributed by atoms with Gasteiger partial charge in [-0.05, 0) is 81.3 Å².